The van der Waals surface area contributed by atoms with Gasteiger partial charge in [-0.1, -0.05) is 38.5 Å². The summed E-state index contributed by atoms with van der Waals surface area (Å²) in [6.45, 7) is 8.36. The highest BCUT2D eigenvalue weighted by molar-refractivity contribution is 4.82. The van der Waals surface area contributed by atoms with Gasteiger partial charge in [-0.15, -0.1) is 0 Å². The monoisotopic (exact) mass is 306 g/mol. The molecule has 2 heteroatoms. The van der Waals surface area contributed by atoms with Gasteiger partial charge >= 0.3 is 0 Å². The van der Waals surface area contributed by atoms with Crippen LogP contribution in [0.15, 0.2) is 0 Å². The van der Waals surface area contributed by atoms with Crippen molar-refractivity contribution >= 4 is 0 Å². The van der Waals surface area contributed by atoms with Crippen molar-refractivity contribution in [1.29, 1.82) is 0 Å². The van der Waals surface area contributed by atoms with Crippen LogP contribution in [-0.4, -0.2) is 49.1 Å². The maximum Gasteiger partial charge on any atom is 0.00128 e. The summed E-state index contributed by atoms with van der Waals surface area (Å²) in [5.74, 6) is 1.99. The quantitative estimate of drug-likeness (QED) is 0.752. The molecule has 2 saturated heterocycles. The molecule has 1 aliphatic carbocycles. The standard InChI is InChI=1S/C20H38N2/c1-2-8-14-21(13-7-1)17-19-11-5-6-12-20(19)18-22-15-9-3-4-10-16-22/h19-20H,1-18H2/t19-,20-/m0/s1. The van der Waals surface area contributed by atoms with Crippen molar-refractivity contribution in [3.05, 3.63) is 0 Å². The van der Waals surface area contributed by atoms with Gasteiger partial charge in [0.2, 0.25) is 0 Å². The van der Waals surface area contributed by atoms with Crippen molar-refractivity contribution in [2.45, 2.75) is 77.0 Å². The number of likely N-dealkylation sites (tertiary alicyclic amines) is 2. The molecule has 0 unspecified atom stereocenters. The van der Waals surface area contributed by atoms with Crippen LogP contribution in [0.4, 0.5) is 0 Å². The van der Waals surface area contributed by atoms with Crippen LogP contribution in [0.25, 0.3) is 0 Å². The van der Waals surface area contributed by atoms with E-state index in [1.54, 1.807) is 0 Å². The fourth-order valence-corrected chi connectivity index (χ4v) is 5.07. The topological polar surface area (TPSA) is 6.48 Å². The summed E-state index contributed by atoms with van der Waals surface area (Å²) in [6.07, 6.45) is 17.7. The summed E-state index contributed by atoms with van der Waals surface area (Å²) in [7, 11) is 0. The molecule has 2 atom stereocenters. The van der Waals surface area contributed by atoms with E-state index in [1.807, 2.05) is 0 Å². The summed E-state index contributed by atoms with van der Waals surface area (Å²) < 4.78 is 0. The predicted octanol–water partition coefficient (Wildman–Crippen LogP) is 4.54. The lowest BCUT2D eigenvalue weighted by Crippen LogP contribution is -2.40. The first-order valence-corrected chi connectivity index (χ1v) is 10.4. The highest BCUT2D eigenvalue weighted by Gasteiger charge is 2.28. The minimum Gasteiger partial charge on any atom is -0.303 e. The zero-order valence-corrected chi connectivity index (χ0v) is 14.8. The van der Waals surface area contributed by atoms with E-state index in [4.69, 9.17) is 0 Å². The Labute approximate surface area is 138 Å². The van der Waals surface area contributed by atoms with E-state index < -0.39 is 0 Å². The lowest BCUT2D eigenvalue weighted by Gasteiger charge is -2.38. The number of hydrogen-bond donors (Lipinski definition) is 0. The van der Waals surface area contributed by atoms with Crippen molar-refractivity contribution < 1.29 is 0 Å². The second-order valence-corrected chi connectivity index (χ2v) is 8.23. The molecule has 3 aliphatic rings. The van der Waals surface area contributed by atoms with E-state index in [0.29, 0.717) is 0 Å². The molecule has 128 valence electrons. The van der Waals surface area contributed by atoms with Crippen LogP contribution in [0, 0.1) is 11.8 Å². The smallest absolute Gasteiger partial charge is 0.00128 e. The maximum absolute atomic E-state index is 2.82. The van der Waals surface area contributed by atoms with E-state index in [9.17, 15) is 0 Å². The van der Waals surface area contributed by atoms with Crippen LogP contribution in [0.2, 0.25) is 0 Å². The first kappa shape index (κ1) is 16.8. The van der Waals surface area contributed by atoms with Crippen LogP contribution in [0.5, 0.6) is 0 Å². The largest absolute Gasteiger partial charge is 0.303 e. The molecule has 22 heavy (non-hydrogen) atoms. The summed E-state index contributed by atoms with van der Waals surface area (Å²) in [4.78, 5) is 5.64. The van der Waals surface area contributed by atoms with Crippen molar-refractivity contribution in [2.75, 3.05) is 39.3 Å². The first-order chi connectivity index (χ1) is 10.9. The molecule has 2 heterocycles. The normalized spacial score (nSPS) is 33.3. The average Bonchev–Trinajstić information content (AvgIpc) is 2.94. The third-order valence-corrected chi connectivity index (χ3v) is 6.45. The van der Waals surface area contributed by atoms with Gasteiger partial charge < -0.3 is 9.80 Å². The zero-order chi connectivity index (χ0) is 15.0. The average molecular weight is 307 g/mol. The molecule has 3 fully saturated rings. The Kier molecular flexibility index (Phi) is 7.07. The van der Waals surface area contributed by atoms with Gasteiger partial charge in [0.1, 0.15) is 0 Å². The minimum absolute atomic E-state index is 0.995. The molecule has 2 aliphatic heterocycles. The van der Waals surface area contributed by atoms with Gasteiger partial charge in [-0.25, -0.2) is 0 Å². The lowest BCUT2D eigenvalue weighted by atomic mass is 9.78. The Bertz CT molecular complexity index is 258. The molecule has 0 spiro atoms. The lowest BCUT2D eigenvalue weighted by molar-refractivity contribution is 0.115. The van der Waals surface area contributed by atoms with Crippen LogP contribution in [-0.2, 0) is 0 Å². The third-order valence-electron chi connectivity index (χ3n) is 6.45. The number of nitrogens with zero attached hydrogens (tertiary/aromatic N) is 2. The molecular formula is C20H38N2. The first-order valence-electron chi connectivity index (χ1n) is 10.4. The molecule has 0 aromatic rings. The molecule has 0 amide bonds. The molecule has 0 bridgehead atoms. The van der Waals surface area contributed by atoms with E-state index >= 15 is 0 Å². The van der Waals surface area contributed by atoms with Gasteiger partial charge in [-0.2, -0.15) is 0 Å². The Balaban J connectivity index is 1.51. The van der Waals surface area contributed by atoms with E-state index in [-0.39, 0.29) is 0 Å². The molecule has 0 N–H and O–H groups in total. The fourth-order valence-electron chi connectivity index (χ4n) is 5.07. The van der Waals surface area contributed by atoms with Gasteiger partial charge in [-0.3, -0.25) is 0 Å². The van der Waals surface area contributed by atoms with Gasteiger partial charge in [0, 0.05) is 13.1 Å². The van der Waals surface area contributed by atoms with Crippen LogP contribution >= 0.6 is 0 Å². The summed E-state index contributed by atoms with van der Waals surface area (Å²) in [6, 6.07) is 0. The Morgan fingerprint density at radius 1 is 0.455 bits per heavy atom. The molecule has 0 aromatic carbocycles. The number of hydrogen-bond acceptors (Lipinski definition) is 2. The molecule has 0 radical (unpaired) electrons. The van der Waals surface area contributed by atoms with Gasteiger partial charge in [0.05, 0.1) is 0 Å². The second-order valence-electron chi connectivity index (χ2n) is 8.23. The minimum atomic E-state index is 0.995. The summed E-state index contributed by atoms with van der Waals surface area (Å²) in [5.41, 5.74) is 0. The van der Waals surface area contributed by atoms with Crippen LogP contribution in [0.3, 0.4) is 0 Å². The van der Waals surface area contributed by atoms with Crippen LogP contribution in [0.1, 0.15) is 77.0 Å². The predicted molar refractivity (Wildman–Crippen MR) is 95.3 cm³/mol. The Morgan fingerprint density at radius 2 is 0.818 bits per heavy atom. The zero-order valence-electron chi connectivity index (χ0n) is 14.8. The van der Waals surface area contributed by atoms with Gasteiger partial charge in [0.15, 0.2) is 0 Å². The summed E-state index contributed by atoms with van der Waals surface area (Å²) >= 11 is 0. The molecular weight excluding hydrogens is 268 g/mol. The highest BCUT2D eigenvalue weighted by atomic mass is 15.1. The van der Waals surface area contributed by atoms with Crippen molar-refractivity contribution in [2.24, 2.45) is 11.8 Å². The Morgan fingerprint density at radius 3 is 1.18 bits per heavy atom. The molecule has 2 nitrogen and oxygen atoms in total. The third kappa shape index (κ3) is 5.23. The van der Waals surface area contributed by atoms with Gasteiger partial charge in [-0.05, 0) is 76.5 Å². The fraction of sp³-hybridized carbons (Fsp3) is 1.00. The van der Waals surface area contributed by atoms with Crippen molar-refractivity contribution in [3.63, 3.8) is 0 Å². The maximum atomic E-state index is 2.82. The highest BCUT2D eigenvalue weighted by Crippen LogP contribution is 2.32. The molecule has 3 rings (SSSR count). The van der Waals surface area contributed by atoms with Crippen molar-refractivity contribution in [3.8, 4) is 0 Å². The van der Waals surface area contributed by atoms with E-state index in [1.165, 1.54) is 116 Å². The van der Waals surface area contributed by atoms with E-state index in [2.05, 4.69) is 9.80 Å². The molecule has 1 saturated carbocycles. The summed E-state index contributed by atoms with van der Waals surface area (Å²) in [5, 5.41) is 0. The second kappa shape index (κ2) is 9.27. The molecule has 0 aromatic heterocycles. The SMILES string of the molecule is C1CCCN(C[C@@H]2CCCC[C@H]2CN2CCCCCC2)CC1. The van der Waals surface area contributed by atoms with Crippen molar-refractivity contribution in [1.82, 2.24) is 9.80 Å². The van der Waals surface area contributed by atoms with Gasteiger partial charge in [0.25, 0.3) is 0 Å². The Hall–Kier alpha value is -0.0800. The number of rotatable bonds is 4. The van der Waals surface area contributed by atoms with E-state index in [0.717, 1.165) is 11.8 Å². The van der Waals surface area contributed by atoms with Crippen LogP contribution < -0.4 is 0 Å².